The van der Waals surface area contributed by atoms with Gasteiger partial charge in [-0.1, -0.05) is 30.3 Å². The highest BCUT2D eigenvalue weighted by atomic mass is 32.2. The fourth-order valence-corrected chi connectivity index (χ4v) is 4.55. The van der Waals surface area contributed by atoms with Gasteiger partial charge in [0.1, 0.15) is 0 Å². The molecule has 0 aromatic heterocycles. The van der Waals surface area contributed by atoms with Crippen LogP contribution >= 0.6 is 11.8 Å². The molecule has 2 atom stereocenters. The Balaban J connectivity index is 1.49. The number of rotatable bonds is 4. The summed E-state index contributed by atoms with van der Waals surface area (Å²) in [7, 11) is 0. The fourth-order valence-electron chi connectivity index (χ4n) is 3.68. The lowest BCUT2D eigenvalue weighted by atomic mass is 9.89. The molecule has 1 aromatic carbocycles. The number of likely N-dealkylation sites (tertiary alicyclic amines) is 1. The van der Waals surface area contributed by atoms with E-state index in [1.807, 2.05) is 11.8 Å². The zero-order valence-corrected chi connectivity index (χ0v) is 13.2. The molecule has 2 fully saturated rings. The van der Waals surface area contributed by atoms with E-state index in [-0.39, 0.29) is 0 Å². The summed E-state index contributed by atoms with van der Waals surface area (Å²) in [6, 6.07) is 11.8. The Kier molecular flexibility index (Phi) is 5.03. The number of hydrogen-bond donors (Lipinski definition) is 1. The van der Waals surface area contributed by atoms with Crippen LogP contribution in [0.15, 0.2) is 30.3 Å². The first-order chi connectivity index (χ1) is 9.86. The topological polar surface area (TPSA) is 15.3 Å². The molecular formula is C17H26N2S. The Bertz CT molecular complexity index is 401. The average Bonchev–Trinajstić information content (AvgIpc) is 2.98. The molecule has 2 aliphatic rings. The maximum atomic E-state index is 3.56. The van der Waals surface area contributed by atoms with Crippen LogP contribution in [0.25, 0.3) is 0 Å². The number of piperidine rings is 1. The Hall–Kier alpha value is -0.510. The molecule has 3 heteroatoms. The monoisotopic (exact) mass is 290 g/mol. The summed E-state index contributed by atoms with van der Waals surface area (Å²) in [6.07, 6.45) is 6.26. The molecule has 0 saturated carbocycles. The zero-order valence-electron chi connectivity index (χ0n) is 12.4. The number of hydrogen-bond acceptors (Lipinski definition) is 3. The summed E-state index contributed by atoms with van der Waals surface area (Å²) >= 11 is 2.03. The molecule has 2 heterocycles. The van der Waals surface area contributed by atoms with Crippen molar-refractivity contribution in [2.75, 3.05) is 32.4 Å². The maximum absolute atomic E-state index is 3.56. The van der Waals surface area contributed by atoms with Crippen LogP contribution in [0.3, 0.4) is 0 Å². The smallest absolute Gasteiger partial charge is 0.0351 e. The molecule has 0 aliphatic carbocycles. The molecule has 3 rings (SSSR count). The molecule has 1 N–H and O–H groups in total. The first-order valence-electron chi connectivity index (χ1n) is 7.88. The van der Waals surface area contributed by atoms with Gasteiger partial charge in [-0.3, -0.25) is 4.90 Å². The third-order valence-electron chi connectivity index (χ3n) is 4.92. The Morgan fingerprint density at radius 3 is 2.60 bits per heavy atom. The molecule has 0 radical (unpaired) electrons. The van der Waals surface area contributed by atoms with E-state index in [0.29, 0.717) is 0 Å². The molecule has 0 bridgehead atoms. The minimum Gasteiger partial charge on any atom is -0.314 e. The highest BCUT2D eigenvalue weighted by Gasteiger charge is 2.33. The predicted octanol–water partition coefficient (Wildman–Crippen LogP) is 2.64. The lowest BCUT2D eigenvalue weighted by molar-refractivity contribution is 0.143. The van der Waals surface area contributed by atoms with Crippen molar-refractivity contribution in [1.82, 2.24) is 10.2 Å². The van der Waals surface area contributed by atoms with Gasteiger partial charge in [0.2, 0.25) is 0 Å². The van der Waals surface area contributed by atoms with Crippen molar-refractivity contribution in [2.45, 2.75) is 30.6 Å². The SMILES string of the molecule is CSC1CNCC1N1CCC(Cc2ccccc2)CC1. The van der Waals surface area contributed by atoms with E-state index < -0.39 is 0 Å². The van der Waals surface area contributed by atoms with E-state index in [4.69, 9.17) is 0 Å². The van der Waals surface area contributed by atoms with E-state index >= 15 is 0 Å². The predicted molar refractivity (Wildman–Crippen MR) is 88.4 cm³/mol. The molecule has 2 saturated heterocycles. The van der Waals surface area contributed by atoms with Crippen LogP contribution in [0.1, 0.15) is 18.4 Å². The first-order valence-corrected chi connectivity index (χ1v) is 9.17. The standard InChI is InChI=1S/C17H26N2S/c1-20-17-13-18-12-16(17)19-9-7-15(8-10-19)11-14-5-3-2-4-6-14/h2-6,15-18H,7-13H2,1H3. The van der Waals surface area contributed by atoms with Crippen molar-refractivity contribution in [3.63, 3.8) is 0 Å². The third kappa shape index (κ3) is 3.38. The first kappa shape index (κ1) is 14.4. The zero-order chi connectivity index (χ0) is 13.8. The number of thioether (sulfide) groups is 1. The van der Waals surface area contributed by atoms with Crippen molar-refractivity contribution in [2.24, 2.45) is 5.92 Å². The van der Waals surface area contributed by atoms with Crippen molar-refractivity contribution in [1.29, 1.82) is 0 Å². The maximum Gasteiger partial charge on any atom is 0.0351 e. The van der Waals surface area contributed by atoms with Gasteiger partial charge in [-0.25, -0.2) is 0 Å². The fraction of sp³-hybridized carbons (Fsp3) is 0.647. The van der Waals surface area contributed by atoms with Crippen molar-refractivity contribution >= 4 is 11.8 Å². The molecule has 2 unspecified atom stereocenters. The van der Waals surface area contributed by atoms with Gasteiger partial charge >= 0.3 is 0 Å². The van der Waals surface area contributed by atoms with Gasteiger partial charge in [-0.05, 0) is 50.1 Å². The molecule has 20 heavy (non-hydrogen) atoms. The molecule has 2 nitrogen and oxygen atoms in total. The minimum absolute atomic E-state index is 0.766. The van der Waals surface area contributed by atoms with E-state index in [1.165, 1.54) is 51.0 Å². The second-order valence-corrected chi connectivity index (χ2v) is 7.25. The Morgan fingerprint density at radius 2 is 1.90 bits per heavy atom. The number of nitrogens with zero attached hydrogens (tertiary/aromatic N) is 1. The quantitative estimate of drug-likeness (QED) is 0.918. The number of benzene rings is 1. The summed E-state index contributed by atoms with van der Waals surface area (Å²) in [6.45, 7) is 4.96. The van der Waals surface area contributed by atoms with Crippen LogP contribution < -0.4 is 5.32 Å². The highest BCUT2D eigenvalue weighted by Crippen LogP contribution is 2.27. The van der Waals surface area contributed by atoms with Gasteiger partial charge < -0.3 is 5.32 Å². The third-order valence-corrected chi connectivity index (χ3v) is 6.00. The molecule has 0 spiro atoms. The van der Waals surface area contributed by atoms with Crippen molar-refractivity contribution in [3.8, 4) is 0 Å². The van der Waals surface area contributed by atoms with Gasteiger partial charge in [0, 0.05) is 24.4 Å². The summed E-state index contributed by atoms with van der Waals surface area (Å²) in [5.41, 5.74) is 1.51. The lowest BCUT2D eigenvalue weighted by Crippen LogP contribution is -2.46. The van der Waals surface area contributed by atoms with Crippen LogP contribution in [0, 0.1) is 5.92 Å². The van der Waals surface area contributed by atoms with Crippen molar-refractivity contribution < 1.29 is 0 Å². The van der Waals surface area contributed by atoms with Crippen LogP contribution in [-0.2, 0) is 6.42 Å². The Labute approximate surface area is 127 Å². The summed E-state index contributed by atoms with van der Waals surface area (Å²) in [4.78, 5) is 2.74. The lowest BCUT2D eigenvalue weighted by Gasteiger charge is -2.37. The van der Waals surface area contributed by atoms with E-state index in [2.05, 4.69) is 46.8 Å². The molecular weight excluding hydrogens is 264 g/mol. The van der Waals surface area contributed by atoms with Gasteiger partial charge in [0.15, 0.2) is 0 Å². The summed E-state index contributed by atoms with van der Waals surface area (Å²) in [5.74, 6) is 0.885. The van der Waals surface area contributed by atoms with E-state index in [0.717, 1.165) is 17.2 Å². The molecule has 0 amide bonds. The van der Waals surface area contributed by atoms with Gasteiger partial charge in [0.25, 0.3) is 0 Å². The molecule has 2 aliphatic heterocycles. The second kappa shape index (κ2) is 6.97. The van der Waals surface area contributed by atoms with Crippen LogP contribution in [-0.4, -0.2) is 48.6 Å². The summed E-state index contributed by atoms with van der Waals surface area (Å²) < 4.78 is 0. The Morgan fingerprint density at radius 1 is 1.15 bits per heavy atom. The summed E-state index contributed by atoms with van der Waals surface area (Å²) in [5, 5.41) is 4.35. The van der Waals surface area contributed by atoms with Gasteiger partial charge in [-0.2, -0.15) is 11.8 Å². The number of nitrogens with one attached hydrogen (secondary N) is 1. The largest absolute Gasteiger partial charge is 0.314 e. The normalized spacial score (nSPS) is 28.9. The van der Waals surface area contributed by atoms with Crippen LogP contribution in [0.2, 0.25) is 0 Å². The van der Waals surface area contributed by atoms with Gasteiger partial charge in [-0.15, -0.1) is 0 Å². The second-order valence-electron chi connectivity index (χ2n) is 6.17. The minimum atomic E-state index is 0.766. The van der Waals surface area contributed by atoms with Crippen LogP contribution in [0.5, 0.6) is 0 Å². The van der Waals surface area contributed by atoms with Gasteiger partial charge in [0.05, 0.1) is 0 Å². The average molecular weight is 290 g/mol. The van der Waals surface area contributed by atoms with Crippen molar-refractivity contribution in [3.05, 3.63) is 35.9 Å². The van der Waals surface area contributed by atoms with E-state index in [9.17, 15) is 0 Å². The highest BCUT2D eigenvalue weighted by molar-refractivity contribution is 7.99. The van der Waals surface area contributed by atoms with Crippen LogP contribution in [0.4, 0.5) is 0 Å². The van der Waals surface area contributed by atoms with E-state index in [1.54, 1.807) is 0 Å². The molecule has 110 valence electrons. The molecule has 1 aromatic rings.